The fourth-order valence-corrected chi connectivity index (χ4v) is 1.30. The average Bonchev–Trinajstić information content (AvgIpc) is 2.02. The summed E-state index contributed by atoms with van der Waals surface area (Å²) in [6, 6.07) is 0. The Labute approximate surface area is 84.6 Å². The molecule has 0 aliphatic carbocycles. The standard InChI is InChI=1S/C10H19NO3/c1-8(2)3-4-11-9(13)10(5-12)6-14-7-10/h8,12H,3-7H2,1-2H3,(H,11,13). The lowest BCUT2D eigenvalue weighted by molar-refractivity contribution is -0.170. The highest BCUT2D eigenvalue weighted by Gasteiger charge is 2.45. The molecule has 0 aromatic carbocycles. The number of aliphatic hydroxyl groups excluding tert-OH is 1. The number of carbonyl (C=O) groups is 1. The third-order valence-electron chi connectivity index (χ3n) is 2.55. The molecule has 1 fully saturated rings. The van der Waals surface area contributed by atoms with Gasteiger partial charge in [0.15, 0.2) is 0 Å². The molecule has 1 rings (SSSR count). The van der Waals surface area contributed by atoms with Crippen LogP contribution in [-0.2, 0) is 9.53 Å². The maximum absolute atomic E-state index is 11.6. The van der Waals surface area contributed by atoms with E-state index in [0.717, 1.165) is 6.42 Å². The molecule has 1 aliphatic heterocycles. The van der Waals surface area contributed by atoms with E-state index in [0.29, 0.717) is 25.7 Å². The summed E-state index contributed by atoms with van der Waals surface area (Å²) >= 11 is 0. The zero-order valence-corrected chi connectivity index (χ0v) is 8.88. The van der Waals surface area contributed by atoms with Gasteiger partial charge in [-0.1, -0.05) is 13.8 Å². The molecule has 1 amide bonds. The van der Waals surface area contributed by atoms with Gasteiger partial charge in [0.05, 0.1) is 19.8 Å². The molecule has 4 heteroatoms. The predicted octanol–water partition coefficient (Wildman–Crippen LogP) is 0.158. The van der Waals surface area contributed by atoms with Crippen LogP contribution in [0.3, 0.4) is 0 Å². The van der Waals surface area contributed by atoms with Gasteiger partial charge in [0, 0.05) is 6.54 Å². The van der Waals surface area contributed by atoms with Crippen molar-refractivity contribution in [3.05, 3.63) is 0 Å². The van der Waals surface area contributed by atoms with Gasteiger partial charge >= 0.3 is 0 Å². The first kappa shape index (κ1) is 11.5. The summed E-state index contributed by atoms with van der Waals surface area (Å²) < 4.78 is 4.96. The predicted molar refractivity (Wildman–Crippen MR) is 52.8 cm³/mol. The maximum atomic E-state index is 11.6. The van der Waals surface area contributed by atoms with E-state index in [1.165, 1.54) is 0 Å². The molecule has 0 radical (unpaired) electrons. The van der Waals surface area contributed by atoms with Crippen LogP contribution in [0.15, 0.2) is 0 Å². The van der Waals surface area contributed by atoms with Crippen LogP contribution in [0.25, 0.3) is 0 Å². The molecule has 1 heterocycles. The number of hydrogen-bond donors (Lipinski definition) is 2. The van der Waals surface area contributed by atoms with E-state index in [-0.39, 0.29) is 12.5 Å². The first-order valence-electron chi connectivity index (χ1n) is 5.07. The van der Waals surface area contributed by atoms with Crippen LogP contribution < -0.4 is 5.32 Å². The lowest BCUT2D eigenvalue weighted by Crippen LogP contribution is -2.56. The molecule has 0 spiro atoms. The molecule has 82 valence electrons. The van der Waals surface area contributed by atoms with Gasteiger partial charge in [-0.15, -0.1) is 0 Å². The van der Waals surface area contributed by atoms with E-state index in [2.05, 4.69) is 19.2 Å². The third kappa shape index (κ3) is 2.45. The van der Waals surface area contributed by atoms with E-state index in [1.54, 1.807) is 0 Å². The minimum absolute atomic E-state index is 0.0769. The van der Waals surface area contributed by atoms with Crippen molar-refractivity contribution in [3.63, 3.8) is 0 Å². The van der Waals surface area contributed by atoms with Crippen molar-refractivity contribution in [1.82, 2.24) is 5.32 Å². The Hall–Kier alpha value is -0.610. The second kappa shape index (κ2) is 4.75. The average molecular weight is 201 g/mol. The highest BCUT2D eigenvalue weighted by Crippen LogP contribution is 2.26. The zero-order chi connectivity index (χ0) is 10.6. The Balaban J connectivity index is 2.27. The topological polar surface area (TPSA) is 58.6 Å². The summed E-state index contributed by atoms with van der Waals surface area (Å²) in [6.07, 6.45) is 0.966. The second-order valence-electron chi connectivity index (χ2n) is 4.37. The van der Waals surface area contributed by atoms with Gasteiger partial charge in [0.25, 0.3) is 0 Å². The Morgan fingerprint density at radius 1 is 1.57 bits per heavy atom. The minimum Gasteiger partial charge on any atom is -0.395 e. The summed E-state index contributed by atoms with van der Waals surface area (Å²) in [5.74, 6) is 0.505. The van der Waals surface area contributed by atoms with Crippen molar-refractivity contribution in [1.29, 1.82) is 0 Å². The van der Waals surface area contributed by atoms with Crippen molar-refractivity contribution in [2.45, 2.75) is 20.3 Å². The van der Waals surface area contributed by atoms with E-state index in [9.17, 15) is 4.79 Å². The largest absolute Gasteiger partial charge is 0.395 e. The van der Waals surface area contributed by atoms with Gasteiger partial charge in [0.2, 0.25) is 5.91 Å². The van der Waals surface area contributed by atoms with Crippen molar-refractivity contribution >= 4 is 5.91 Å². The summed E-state index contributed by atoms with van der Waals surface area (Å²) in [7, 11) is 0. The van der Waals surface area contributed by atoms with Gasteiger partial charge in [-0.05, 0) is 12.3 Å². The van der Waals surface area contributed by atoms with E-state index in [4.69, 9.17) is 9.84 Å². The molecule has 0 aromatic heterocycles. The Kier molecular flexibility index (Phi) is 3.89. The van der Waals surface area contributed by atoms with Crippen LogP contribution >= 0.6 is 0 Å². The lowest BCUT2D eigenvalue weighted by atomic mass is 9.86. The van der Waals surface area contributed by atoms with Crippen LogP contribution in [-0.4, -0.2) is 37.4 Å². The monoisotopic (exact) mass is 201 g/mol. The molecule has 1 saturated heterocycles. The third-order valence-corrected chi connectivity index (χ3v) is 2.55. The number of carbonyl (C=O) groups excluding carboxylic acids is 1. The second-order valence-corrected chi connectivity index (χ2v) is 4.37. The SMILES string of the molecule is CC(C)CCNC(=O)C1(CO)COC1. The first-order chi connectivity index (χ1) is 6.60. The molecular formula is C10H19NO3. The van der Waals surface area contributed by atoms with Crippen molar-refractivity contribution < 1.29 is 14.6 Å². The molecule has 1 aliphatic rings. The van der Waals surface area contributed by atoms with Crippen molar-refractivity contribution in [3.8, 4) is 0 Å². The number of aliphatic hydroxyl groups is 1. The number of ether oxygens (including phenoxy) is 1. The van der Waals surface area contributed by atoms with E-state index in [1.807, 2.05) is 0 Å². The highest BCUT2D eigenvalue weighted by molar-refractivity contribution is 5.83. The van der Waals surface area contributed by atoms with Gasteiger partial charge in [-0.2, -0.15) is 0 Å². The molecule has 2 N–H and O–H groups in total. The van der Waals surface area contributed by atoms with Gasteiger partial charge in [0.1, 0.15) is 5.41 Å². The van der Waals surface area contributed by atoms with Crippen LogP contribution in [0.5, 0.6) is 0 Å². The van der Waals surface area contributed by atoms with Gasteiger partial charge < -0.3 is 15.2 Å². The smallest absolute Gasteiger partial charge is 0.233 e. The lowest BCUT2D eigenvalue weighted by Gasteiger charge is -2.38. The van der Waals surface area contributed by atoms with Crippen LogP contribution in [0.1, 0.15) is 20.3 Å². The Morgan fingerprint density at radius 3 is 2.57 bits per heavy atom. The van der Waals surface area contributed by atoms with Gasteiger partial charge in [-0.25, -0.2) is 0 Å². The molecule has 0 aromatic rings. The first-order valence-corrected chi connectivity index (χ1v) is 5.07. The molecule has 14 heavy (non-hydrogen) atoms. The normalized spacial score (nSPS) is 19.1. The van der Waals surface area contributed by atoms with Gasteiger partial charge in [-0.3, -0.25) is 4.79 Å². The van der Waals surface area contributed by atoms with Crippen molar-refractivity contribution in [2.24, 2.45) is 11.3 Å². The summed E-state index contributed by atoms with van der Waals surface area (Å²) in [5, 5.41) is 11.9. The summed E-state index contributed by atoms with van der Waals surface area (Å²) in [5.41, 5.74) is -0.656. The number of rotatable bonds is 5. The Morgan fingerprint density at radius 2 is 2.21 bits per heavy atom. The van der Waals surface area contributed by atoms with Crippen LogP contribution in [0, 0.1) is 11.3 Å². The molecular weight excluding hydrogens is 182 g/mol. The fraction of sp³-hybridized carbons (Fsp3) is 0.900. The highest BCUT2D eigenvalue weighted by atomic mass is 16.5. The minimum atomic E-state index is -0.656. The summed E-state index contributed by atoms with van der Waals surface area (Å²) in [4.78, 5) is 11.6. The van der Waals surface area contributed by atoms with Crippen LogP contribution in [0.4, 0.5) is 0 Å². The summed E-state index contributed by atoms with van der Waals surface area (Å²) in [6.45, 7) is 5.47. The maximum Gasteiger partial charge on any atom is 0.233 e. The number of amides is 1. The van der Waals surface area contributed by atoms with Crippen molar-refractivity contribution in [2.75, 3.05) is 26.4 Å². The zero-order valence-electron chi connectivity index (χ0n) is 8.88. The molecule has 0 atom stereocenters. The Bertz CT molecular complexity index is 194. The van der Waals surface area contributed by atoms with E-state index >= 15 is 0 Å². The molecule has 0 saturated carbocycles. The van der Waals surface area contributed by atoms with Crippen LogP contribution in [0.2, 0.25) is 0 Å². The quantitative estimate of drug-likeness (QED) is 0.666. The molecule has 0 unspecified atom stereocenters. The fourth-order valence-electron chi connectivity index (χ4n) is 1.30. The number of hydrogen-bond acceptors (Lipinski definition) is 3. The molecule has 4 nitrogen and oxygen atoms in total. The molecule has 0 bridgehead atoms. The number of nitrogens with one attached hydrogen (secondary N) is 1. The van der Waals surface area contributed by atoms with E-state index < -0.39 is 5.41 Å².